The fourth-order valence-electron chi connectivity index (χ4n) is 3.54. The molecule has 2 aromatic rings. The van der Waals surface area contributed by atoms with E-state index in [2.05, 4.69) is 16.4 Å². The van der Waals surface area contributed by atoms with Crippen LogP contribution < -0.4 is 5.32 Å². The van der Waals surface area contributed by atoms with E-state index in [1.165, 1.54) is 18.4 Å². The Labute approximate surface area is 157 Å². The number of aryl methyl sites for hydroxylation is 1. The number of thiophene rings is 1. The lowest BCUT2D eigenvalue weighted by Gasteiger charge is -2.31. The molecule has 1 saturated carbocycles. The fraction of sp³-hybridized carbons (Fsp3) is 0.450. The molecule has 1 aliphatic carbocycles. The number of hydrogen-bond donors (Lipinski definition) is 1. The largest absolute Gasteiger partial charge is 0.338 e. The molecular weight excluding hydrogens is 346 g/mol. The standard InChI is InChI=1S/C20H23N3O2S/c1-13-3-2-4-17(21-13)22-19(24)15-7-10-23(11-8-15)20(25)18-16(9-12-26-18)14-5-6-14/h2-4,9,12,14-15H,5-8,10-11H2,1H3,(H,21,22,24). The second-order valence-electron chi connectivity index (χ2n) is 7.20. The maximum atomic E-state index is 12.8. The van der Waals surface area contributed by atoms with Gasteiger partial charge in [-0.2, -0.15) is 0 Å². The average Bonchev–Trinajstić information content (AvgIpc) is 3.38. The zero-order chi connectivity index (χ0) is 18.1. The maximum absolute atomic E-state index is 12.8. The fourth-order valence-corrected chi connectivity index (χ4v) is 4.49. The van der Waals surface area contributed by atoms with Crippen LogP contribution in [0.3, 0.4) is 0 Å². The van der Waals surface area contributed by atoms with Gasteiger partial charge in [0.2, 0.25) is 5.91 Å². The third-order valence-electron chi connectivity index (χ3n) is 5.20. The summed E-state index contributed by atoms with van der Waals surface area (Å²) in [4.78, 5) is 32.5. The van der Waals surface area contributed by atoms with Gasteiger partial charge in [0.15, 0.2) is 0 Å². The van der Waals surface area contributed by atoms with Crippen molar-refractivity contribution in [1.29, 1.82) is 0 Å². The third kappa shape index (κ3) is 3.65. The number of anilines is 1. The molecule has 2 aliphatic rings. The van der Waals surface area contributed by atoms with Gasteiger partial charge in [-0.05, 0) is 67.7 Å². The van der Waals surface area contributed by atoms with Crippen LogP contribution in [0.25, 0.3) is 0 Å². The minimum atomic E-state index is -0.0624. The molecule has 2 amide bonds. The highest BCUT2D eigenvalue weighted by molar-refractivity contribution is 7.12. The van der Waals surface area contributed by atoms with E-state index >= 15 is 0 Å². The van der Waals surface area contributed by atoms with Crippen LogP contribution in [0.5, 0.6) is 0 Å². The number of nitrogens with zero attached hydrogens (tertiary/aromatic N) is 2. The summed E-state index contributed by atoms with van der Waals surface area (Å²) in [6.45, 7) is 3.18. The van der Waals surface area contributed by atoms with E-state index < -0.39 is 0 Å². The summed E-state index contributed by atoms with van der Waals surface area (Å²) >= 11 is 1.55. The molecule has 1 N–H and O–H groups in total. The van der Waals surface area contributed by atoms with E-state index in [4.69, 9.17) is 0 Å². The lowest BCUT2D eigenvalue weighted by Crippen LogP contribution is -2.41. The van der Waals surface area contributed by atoms with Crippen molar-refractivity contribution in [2.45, 2.75) is 38.5 Å². The van der Waals surface area contributed by atoms with Gasteiger partial charge >= 0.3 is 0 Å². The quantitative estimate of drug-likeness (QED) is 0.891. The van der Waals surface area contributed by atoms with Gasteiger partial charge in [-0.1, -0.05) is 6.07 Å². The predicted octanol–water partition coefficient (Wildman–Crippen LogP) is 3.82. The Balaban J connectivity index is 1.34. The van der Waals surface area contributed by atoms with E-state index in [1.54, 1.807) is 17.4 Å². The van der Waals surface area contributed by atoms with Crippen LogP contribution >= 0.6 is 11.3 Å². The number of aromatic nitrogens is 1. The molecule has 4 rings (SSSR count). The number of likely N-dealkylation sites (tertiary alicyclic amines) is 1. The Kier molecular flexibility index (Phi) is 4.76. The van der Waals surface area contributed by atoms with Crippen LogP contribution in [-0.2, 0) is 4.79 Å². The molecular formula is C20H23N3O2S. The van der Waals surface area contributed by atoms with E-state index in [-0.39, 0.29) is 17.7 Å². The average molecular weight is 369 g/mol. The van der Waals surface area contributed by atoms with Gasteiger partial charge in [0, 0.05) is 24.7 Å². The molecule has 0 radical (unpaired) electrons. The van der Waals surface area contributed by atoms with Crippen LogP contribution in [0.1, 0.15) is 52.5 Å². The highest BCUT2D eigenvalue weighted by Crippen LogP contribution is 2.43. The van der Waals surface area contributed by atoms with Crippen LogP contribution in [0.2, 0.25) is 0 Å². The summed E-state index contributed by atoms with van der Waals surface area (Å²) in [5, 5.41) is 4.93. The Morgan fingerprint density at radius 2 is 1.92 bits per heavy atom. The molecule has 1 aliphatic heterocycles. The third-order valence-corrected chi connectivity index (χ3v) is 6.12. The second-order valence-corrected chi connectivity index (χ2v) is 8.12. The van der Waals surface area contributed by atoms with Gasteiger partial charge in [-0.3, -0.25) is 9.59 Å². The Bertz CT molecular complexity index is 820. The van der Waals surface area contributed by atoms with Crippen molar-refractivity contribution in [1.82, 2.24) is 9.88 Å². The number of hydrogen-bond acceptors (Lipinski definition) is 4. The molecule has 1 saturated heterocycles. The number of amides is 2. The summed E-state index contributed by atoms with van der Waals surface area (Å²) in [5.41, 5.74) is 2.11. The first-order valence-corrected chi connectivity index (χ1v) is 10.1. The lowest BCUT2D eigenvalue weighted by molar-refractivity contribution is -0.121. The smallest absolute Gasteiger partial charge is 0.264 e. The van der Waals surface area contributed by atoms with Crippen molar-refractivity contribution in [2.75, 3.05) is 18.4 Å². The monoisotopic (exact) mass is 369 g/mol. The summed E-state index contributed by atoms with van der Waals surface area (Å²) < 4.78 is 0. The van der Waals surface area contributed by atoms with Gasteiger partial charge in [0.1, 0.15) is 5.82 Å². The predicted molar refractivity (Wildman–Crippen MR) is 103 cm³/mol. The molecule has 2 aromatic heterocycles. The maximum Gasteiger partial charge on any atom is 0.264 e. The van der Waals surface area contributed by atoms with Gasteiger partial charge in [0.05, 0.1) is 4.88 Å². The topological polar surface area (TPSA) is 62.3 Å². The number of pyridine rings is 1. The van der Waals surface area contributed by atoms with Gasteiger partial charge in [0.25, 0.3) is 5.91 Å². The molecule has 26 heavy (non-hydrogen) atoms. The van der Waals surface area contributed by atoms with E-state index in [1.807, 2.05) is 29.3 Å². The number of rotatable bonds is 4. The normalized spacial score (nSPS) is 18.0. The van der Waals surface area contributed by atoms with Crippen molar-refractivity contribution >= 4 is 29.0 Å². The van der Waals surface area contributed by atoms with Crippen molar-refractivity contribution in [3.8, 4) is 0 Å². The molecule has 3 heterocycles. The first-order valence-electron chi connectivity index (χ1n) is 9.23. The highest BCUT2D eigenvalue weighted by atomic mass is 32.1. The molecule has 0 bridgehead atoms. The van der Waals surface area contributed by atoms with Gasteiger partial charge in [-0.25, -0.2) is 4.98 Å². The number of carbonyl (C=O) groups is 2. The van der Waals surface area contributed by atoms with Gasteiger partial charge in [-0.15, -0.1) is 11.3 Å². The number of piperidine rings is 1. The Morgan fingerprint density at radius 1 is 1.15 bits per heavy atom. The van der Waals surface area contributed by atoms with Crippen LogP contribution in [-0.4, -0.2) is 34.8 Å². The molecule has 0 atom stereocenters. The molecule has 5 nitrogen and oxygen atoms in total. The van der Waals surface area contributed by atoms with Crippen molar-refractivity contribution < 1.29 is 9.59 Å². The van der Waals surface area contributed by atoms with Crippen LogP contribution in [0.4, 0.5) is 5.82 Å². The van der Waals surface area contributed by atoms with Crippen molar-refractivity contribution in [3.63, 3.8) is 0 Å². The van der Waals surface area contributed by atoms with E-state index in [0.717, 1.165) is 10.6 Å². The summed E-state index contributed by atoms with van der Waals surface area (Å²) in [5.74, 6) is 1.27. The molecule has 6 heteroatoms. The first kappa shape index (κ1) is 17.2. The summed E-state index contributed by atoms with van der Waals surface area (Å²) in [6.07, 6.45) is 3.81. The second kappa shape index (κ2) is 7.19. The van der Waals surface area contributed by atoms with Crippen molar-refractivity contribution in [2.24, 2.45) is 5.92 Å². The number of nitrogens with one attached hydrogen (secondary N) is 1. The highest BCUT2D eigenvalue weighted by Gasteiger charge is 2.33. The van der Waals surface area contributed by atoms with Gasteiger partial charge < -0.3 is 10.2 Å². The minimum Gasteiger partial charge on any atom is -0.338 e. The molecule has 0 spiro atoms. The molecule has 0 aromatic carbocycles. The van der Waals surface area contributed by atoms with Crippen LogP contribution in [0, 0.1) is 12.8 Å². The molecule has 2 fully saturated rings. The van der Waals surface area contributed by atoms with Crippen LogP contribution in [0.15, 0.2) is 29.6 Å². The zero-order valence-electron chi connectivity index (χ0n) is 14.9. The zero-order valence-corrected chi connectivity index (χ0v) is 15.7. The first-order chi connectivity index (χ1) is 12.6. The summed E-state index contributed by atoms with van der Waals surface area (Å²) in [7, 11) is 0. The Hall–Kier alpha value is -2.21. The lowest BCUT2D eigenvalue weighted by atomic mass is 9.95. The number of carbonyl (C=O) groups excluding carboxylic acids is 2. The van der Waals surface area contributed by atoms with E-state index in [0.29, 0.717) is 37.7 Å². The summed E-state index contributed by atoms with van der Waals surface area (Å²) in [6, 6.07) is 7.70. The van der Waals surface area contributed by atoms with E-state index in [9.17, 15) is 9.59 Å². The Morgan fingerprint density at radius 3 is 2.62 bits per heavy atom. The molecule has 0 unspecified atom stereocenters. The minimum absolute atomic E-state index is 0.00462. The molecule has 136 valence electrons. The van der Waals surface area contributed by atoms with Crippen molar-refractivity contribution in [3.05, 3.63) is 45.8 Å². The SMILES string of the molecule is Cc1cccc(NC(=O)C2CCN(C(=O)c3sccc3C3CC3)CC2)n1.